The first-order valence-electron chi connectivity index (χ1n) is 10.2. The Balaban J connectivity index is 0.000000479. The number of aliphatic carboxylic acids is 1. The molecule has 0 aromatic heterocycles. The van der Waals surface area contributed by atoms with E-state index >= 15 is 0 Å². The summed E-state index contributed by atoms with van der Waals surface area (Å²) in [6, 6.07) is 19.0. The number of carbonyl (C=O) groups excluding carboxylic acids is 2. The van der Waals surface area contributed by atoms with Crippen molar-refractivity contribution in [3.05, 3.63) is 71.8 Å². The van der Waals surface area contributed by atoms with E-state index < -0.39 is 12.1 Å². The molecule has 2 aromatic rings. The number of nitrogens with one attached hydrogen (secondary N) is 2. The Morgan fingerprint density at radius 2 is 1.55 bits per heavy atom. The van der Waals surface area contributed by atoms with Crippen LogP contribution in [0.15, 0.2) is 60.7 Å². The maximum absolute atomic E-state index is 12.5. The average Bonchev–Trinajstić information content (AvgIpc) is 3.25. The van der Waals surface area contributed by atoms with Gasteiger partial charge in [0, 0.05) is 6.54 Å². The van der Waals surface area contributed by atoms with Crippen molar-refractivity contribution in [1.29, 1.82) is 0 Å². The lowest BCUT2D eigenvalue weighted by Crippen LogP contribution is -2.44. The van der Waals surface area contributed by atoms with Crippen LogP contribution in [0.4, 0.5) is 13.2 Å². The Hall–Kier alpha value is -3.40. The van der Waals surface area contributed by atoms with Crippen LogP contribution in [0.1, 0.15) is 24.0 Å². The third-order valence-electron chi connectivity index (χ3n) is 4.86. The molecule has 3 rings (SSSR count). The van der Waals surface area contributed by atoms with Crippen LogP contribution in [-0.2, 0) is 32.3 Å². The summed E-state index contributed by atoms with van der Waals surface area (Å²) >= 11 is 0. The summed E-state index contributed by atoms with van der Waals surface area (Å²) < 4.78 is 37.1. The van der Waals surface area contributed by atoms with E-state index in [1.807, 2.05) is 60.7 Å². The third-order valence-corrected chi connectivity index (χ3v) is 4.86. The minimum atomic E-state index is -5.08. The van der Waals surface area contributed by atoms with E-state index in [9.17, 15) is 22.8 Å². The van der Waals surface area contributed by atoms with Gasteiger partial charge in [-0.1, -0.05) is 60.7 Å². The van der Waals surface area contributed by atoms with Gasteiger partial charge in [0.1, 0.15) is 6.61 Å². The van der Waals surface area contributed by atoms with Gasteiger partial charge in [-0.3, -0.25) is 9.59 Å². The predicted molar refractivity (Wildman–Crippen MR) is 113 cm³/mol. The van der Waals surface area contributed by atoms with E-state index in [1.165, 1.54) is 0 Å². The average molecular weight is 466 g/mol. The molecule has 0 saturated carbocycles. The largest absolute Gasteiger partial charge is 0.490 e. The summed E-state index contributed by atoms with van der Waals surface area (Å²) in [5, 5.41) is 13.3. The number of halogens is 3. The van der Waals surface area contributed by atoms with Gasteiger partial charge in [0.2, 0.25) is 5.91 Å². The number of hydrogen-bond donors (Lipinski definition) is 3. The molecular formula is C23H25F3N2O5. The van der Waals surface area contributed by atoms with Crippen LogP contribution in [0, 0.1) is 5.92 Å². The molecule has 33 heavy (non-hydrogen) atoms. The second kappa shape index (κ2) is 12.6. The number of alkyl halides is 3. The highest BCUT2D eigenvalue weighted by molar-refractivity contribution is 5.83. The second-order valence-electron chi connectivity index (χ2n) is 7.34. The fraction of sp³-hybridized carbons (Fsp3) is 0.348. The second-order valence-corrected chi connectivity index (χ2v) is 7.34. The summed E-state index contributed by atoms with van der Waals surface area (Å²) in [5.74, 6) is -3.11. The quantitative estimate of drug-likeness (QED) is 0.542. The predicted octanol–water partition coefficient (Wildman–Crippen LogP) is 3.05. The third kappa shape index (κ3) is 9.32. The van der Waals surface area contributed by atoms with Crippen LogP contribution in [0.5, 0.6) is 0 Å². The lowest BCUT2D eigenvalue weighted by Gasteiger charge is -2.18. The fourth-order valence-electron chi connectivity index (χ4n) is 3.19. The molecule has 0 spiro atoms. The molecule has 1 saturated heterocycles. The zero-order valence-electron chi connectivity index (χ0n) is 17.7. The number of amides is 1. The number of hydrogen-bond acceptors (Lipinski definition) is 5. The molecule has 2 aromatic carbocycles. The van der Waals surface area contributed by atoms with E-state index in [0.717, 1.165) is 24.1 Å². The smallest absolute Gasteiger partial charge is 0.475 e. The van der Waals surface area contributed by atoms with Gasteiger partial charge in [-0.05, 0) is 30.0 Å². The molecule has 0 aliphatic carbocycles. The van der Waals surface area contributed by atoms with Gasteiger partial charge in [0.05, 0.1) is 12.5 Å². The summed E-state index contributed by atoms with van der Waals surface area (Å²) in [4.78, 5) is 33.5. The number of esters is 1. The minimum absolute atomic E-state index is 0.0333. The first-order valence-corrected chi connectivity index (χ1v) is 10.2. The number of carboxylic acid groups (broad SMARTS) is 1. The van der Waals surface area contributed by atoms with E-state index in [2.05, 4.69) is 10.6 Å². The number of ether oxygens (including phenoxy) is 1. The number of rotatable bonds is 7. The SMILES string of the molecule is O=C(C[C@@H]1CCN[C@H]1C(=O)NCc1ccccc1)OCc1ccccc1.O=C(O)C(F)(F)F. The van der Waals surface area contributed by atoms with Crippen molar-refractivity contribution in [3.63, 3.8) is 0 Å². The zero-order valence-corrected chi connectivity index (χ0v) is 17.7. The van der Waals surface area contributed by atoms with Gasteiger partial charge < -0.3 is 20.5 Å². The van der Waals surface area contributed by atoms with Gasteiger partial charge in [0.15, 0.2) is 0 Å². The van der Waals surface area contributed by atoms with Crippen molar-refractivity contribution in [3.8, 4) is 0 Å². The summed E-state index contributed by atoms with van der Waals surface area (Å²) in [7, 11) is 0. The lowest BCUT2D eigenvalue weighted by molar-refractivity contribution is -0.192. The molecule has 10 heteroatoms. The summed E-state index contributed by atoms with van der Waals surface area (Å²) in [6.07, 6.45) is -4.03. The normalized spacial score (nSPS) is 17.4. The van der Waals surface area contributed by atoms with Crippen molar-refractivity contribution >= 4 is 17.8 Å². The van der Waals surface area contributed by atoms with Gasteiger partial charge in [-0.2, -0.15) is 13.2 Å². The van der Waals surface area contributed by atoms with Crippen LogP contribution >= 0.6 is 0 Å². The molecule has 3 N–H and O–H groups in total. The minimum Gasteiger partial charge on any atom is -0.475 e. The molecule has 0 radical (unpaired) electrons. The molecular weight excluding hydrogens is 441 g/mol. The molecule has 1 fully saturated rings. The van der Waals surface area contributed by atoms with Crippen molar-refractivity contribution in [2.75, 3.05) is 6.54 Å². The molecule has 178 valence electrons. The Morgan fingerprint density at radius 3 is 2.09 bits per heavy atom. The molecule has 1 amide bonds. The maximum Gasteiger partial charge on any atom is 0.490 e. The van der Waals surface area contributed by atoms with Crippen LogP contribution in [0.2, 0.25) is 0 Å². The molecule has 0 unspecified atom stereocenters. The Labute approximate surface area is 188 Å². The molecule has 1 heterocycles. The first-order chi connectivity index (χ1) is 15.7. The van der Waals surface area contributed by atoms with Crippen LogP contribution in [0.25, 0.3) is 0 Å². The number of benzene rings is 2. The van der Waals surface area contributed by atoms with Gasteiger partial charge in [0.25, 0.3) is 0 Å². The standard InChI is InChI=1S/C21H24N2O3.C2HF3O2/c24-19(26-15-17-9-5-2-6-10-17)13-18-11-12-22-20(18)21(25)23-14-16-7-3-1-4-8-16;3-2(4,5)1(6)7/h1-10,18,20,22H,11-15H2,(H,23,25);(H,6,7)/t18-,20+;/m0./s1. The Morgan fingerprint density at radius 1 is 1.00 bits per heavy atom. The monoisotopic (exact) mass is 466 g/mol. The van der Waals surface area contributed by atoms with E-state index in [4.69, 9.17) is 14.6 Å². The van der Waals surface area contributed by atoms with E-state index in [-0.39, 0.29) is 36.9 Å². The maximum atomic E-state index is 12.5. The molecule has 0 bridgehead atoms. The number of carbonyl (C=O) groups is 3. The zero-order chi connectivity index (χ0) is 24.3. The molecule has 7 nitrogen and oxygen atoms in total. The van der Waals surface area contributed by atoms with E-state index in [1.54, 1.807) is 0 Å². The Bertz CT molecular complexity index is 907. The van der Waals surface area contributed by atoms with Crippen molar-refractivity contribution in [2.24, 2.45) is 5.92 Å². The first kappa shape index (κ1) is 25.9. The Kier molecular flexibility index (Phi) is 9.86. The van der Waals surface area contributed by atoms with Gasteiger partial charge in [-0.15, -0.1) is 0 Å². The number of carboxylic acids is 1. The van der Waals surface area contributed by atoms with Crippen molar-refractivity contribution < 1.29 is 37.4 Å². The van der Waals surface area contributed by atoms with Gasteiger partial charge in [-0.25, -0.2) is 4.79 Å². The summed E-state index contributed by atoms with van der Waals surface area (Å²) in [6.45, 7) is 1.49. The van der Waals surface area contributed by atoms with Crippen LogP contribution in [0.3, 0.4) is 0 Å². The van der Waals surface area contributed by atoms with Gasteiger partial charge >= 0.3 is 18.1 Å². The fourth-order valence-corrected chi connectivity index (χ4v) is 3.19. The lowest BCUT2D eigenvalue weighted by atomic mass is 9.96. The van der Waals surface area contributed by atoms with Crippen LogP contribution < -0.4 is 10.6 Å². The molecule has 2 atom stereocenters. The molecule has 1 aliphatic heterocycles. The van der Waals surface area contributed by atoms with Crippen molar-refractivity contribution in [1.82, 2.24) is 10.6 Å². The highest BCUT2D eigenvalue weighted by Crippen LogP contribution is 2.21. The highest BCUT2D eigenvalue weighted by atomic mass is 19.4. The topological polar surface area (TPSA) is 105 Å². The van der Waals surface area contributed by atoms with E-state index in [0.29, 0.717) is 6.54 Å². The summed E-state index contributed by atoms with van der Waals surface area (Å²) in [5.41, 5.74) is 2.01. The van der Waals surface area contributed by atoms with Crippen LogP contribution in [-0.4, -0.2) is 41.7 Å². The highest BCUT2D eigenvalue weighted by Gasteiger charge is 2.38. The van der Waals surface area contributed by atoms with Crippen molar-refractivity contribution in [2.45, 2.75) is 38.2 Å². The molecule has 1 aliphatic rings.